The Morgan fingerprint density at radius 1 is 1.20 bits per heavy atom. The Bertz CT molecular complexity index is 625. The summed E-state index contributed by atoms with van der Waals surface area (Å²) in [5, 5.41) is 18.9. The molecule has 1 aromatic heterocycles. The predicted octanol–water partition coefficient (Wildman–Crippen LogP) is 2.06. The SMILES string of the molecule is CN1C2CCCC1CC(O)(c1ccc3nonc3c1)C2. The van der Waals surface area contributed by atoms with E-state index in [2.05, 4.69) is 22.3 Å². The van der Waals surface area contributed by atoms with Gasteiger partial charge in [0.1, 0.15) is 11.0 Å². The monoisotopic (exact) mass is 273 g/mol. The number of piperidine rings is 2. The number of fused-ring (bicyclic) bond motifs is 3. The number of nitrogens with zero attached hydrogens (tertiary/aromatic N) is 3. The Kier molecular flexibility index (Phi) is 2.62. The fourth-order valence-electron chi connectivity index (χ4n) is 3.96. The Balaban J connectivity index is 1.72. The van der Waals surface area contributed by atoms with Crippen molar-refractivity contribution in [1.82, 2.24) is 15.2 Å². The Morgan fingerprint density at radius 3 is 2.65 bits per heavy atom. The quantitative estimate of drug-likeness (QED) is 0.861. The predicted molar refractivity (Wildman–Crippen MR) is 74.1 cm³/mol. The number of aliphatic hydroxyl groups is 1. The summed E-state index contributed by atoms with van der Waals surface area (Å²) in [5.74, 6) is 0. The van der Waals surface area contributed by atoms with Gasteiger partial charge in [-0.25, -0.2) is 4.63 Å². The molecule has 2 saturated heterocycles. The van der Waals surface area contributed by atoms with E-state index in [1.807, 2.05) is 18.2 Å². The van der Waals surface area contributed by atoms with Crippen LogP contribution in [0.25, 0.3) is 11.0 Å². The normalized spacial score (nSPS) is 34.5. The van der Waals surface area contributed by atoms with Gasteiger partial charge >= 0.3 is 0 Å². The number of hydrogen-bond acceptors (Lipinski definition) is 5. The van der Waals surface area contributed by atoms with Crippen LogP contribution in [0.15, 0.2) is 22.8 Å². The molecule has 0 radical (unpaired) electrons. The molecular weight excluding hydrogens is 254 g/mol. The average molecular weight is 273 g/mol. The maximum Gasteiger partial charge on any atom is 0.135 e. The van der Waals surface area contributed by atoms with E-state index in [4.69, 9.17) is 4.63 Å². The highest BCUT2D eigenvalue weighted by Crippen LogP contribution is 2.43. The van der Waals surface area contributed by atoms with Crippen LogP contribution in [0.3, 0.4) is 0 Å². The first-order valence-electron chi connectivity index (χ1n) is 7.33. The van der Waals surface area contributed by atoms with Gasteiger partial charge in [0.25, 0.3) is 0 Å². The number of rotatable bonds is 1. The van der Waals surface area contributed by atoms with E-state index in [9.17, 15) is 5.11 Å². The molecule has 2 atom stereocenters. The third-order valence-electron chi connectivity index (χ3n) is 5.16. The number of benzene rings is 1. The molecule has 2 aliphatic rings. The first kappa shape index (κ1) is 12.3. The van der Waals surface area contributed by atoms with E-state index in [1.165, 1.54) is 19.3 Å². The molecule has 2 aliphatic heterocycles. The zero-order chi connectivity index (χ0) is 13.7. The van der Waals surface area contributed by atoms with Gasteiger partial charge in [0.05, 0.1) is 5.60 Å². The van der Waals surface area contributed by atoms with Crippen LogP contribution >= 0.6 is 0 Å². The van der Waals surface area contributed by atoms with Crippen molar-refractivity contribution in [2.24, 2.45) is 0 Å². The van der Waals surface area contributed by atoms with E-state index in [-0.39, 0.29) is 0 Å². The van der Waals surface area contributed by atoms with Crippen LogP contribution in [0.5, 0.6) is 0 Å². The molecule has 0 aliphatic carbocycles. The van der Waals surface area contributed by atoms with E-state index < -0.39 is 5.60 Å². The van der Waals surface area contributed by atoms with Crippen molar-refractivity contribution < 1.29 is 9.74 Å². The second-order valence-electron chi connectivity index (χ2n) is 6.31. The van der Waals surface area contributed by atoms with Crippen molar-refractivity contribution in [2.45, 2.75) is 49.8 Å². The summed E-state index contributed by atoms with van der Waals surface area (Å²) in [5.41, 5.74) is 1.67. The minimum atomic E-state index is -0.741. The second-order valence-corrected chi connectivity index (χ2v) is 6.31. The smallest absolute Gasteiger partial charge is 0.135 e. The minimum Gasteiger partial charge on any atom is -0.385 e. The molecule has 2 aromatic rings. The topological polar surface area (TPSA) is 62.4 Å². The van der Waals surface area contributed by atoms with Crippen LogP contribution in [-0.4, -0.2) is 39.5 Å². The number of hydrogen-bond donors (Lipinski definition) is 1. The standard InChI is InChI=1S/C15H19N3O2/c1-18-11-3-2-4-12(18)9-15(19,8-11)10-5-6-13-14(7-10)17-20-16-13/h5-7,11-12,19H,2-4,8-9H2,1H3. The third kappa shape index (κ3) is 1.77. The summed E-state index contributed by atoms with van der Waals surface area (Å²) in [6.45, 7) is 0. The summed E-state index contributed by atoms with van der Waals surface area (Å²) in [4.78, 5) is 2.45. The summed E-state index contributed by atoms with van der Waals surface area (Å²) in [6, 6.07) is 6.74. The zero-order valence-electron chi connectivity index (χ0n) is 11.6. The van der Waals surface area contributed by atoms with Crippen LogP contribution in [0, 0.1) is 0 Å². The molecule has 0 amide bonds. The lowest BCUT2D eigenvalue weighted by molar-refractivity contribution is -0.0874. The molecular formula is C15H19N3O2. The zero-order valence-corrected chi connectivity index (χ0v) is 11.6. The molecule has 5 heteroatoms. The first-order chi connectivity index (χ1) is 9.66. The van der Waals surface area contributed by atoms with Gasteiger partial charge in [-0.05, 0) is 60.7 Å². The van der Waals surface area contributed by atoms with Crippen LogP contribution in [0.2, 0.25) is 0 Å². The molecule has 2 unspecified atom stereocenters. The van der Waals surface area contributed by atoms with Gasteiger partial charge in [-0.1, -0.05) is 12.5 Å². The summed E-state index contributed by atoms with van der Waals surface area (Å²) in [6.07, 6.45) is 5.25. The molecule has 2 bridgehead atoms. The molecule has 20 heavy (non-hydrogen) atoms. The highest BCUT2D eigenvalue weighted by Gasteiger charge is 2.44. The molecule has 1 N–H and O–H groups in total. The van der Waals surface area contributed by atoms with Crippen molar-refractivity contribution in [3.63, 3.8) is 0 Å². The highest BCUT2D eigenvalue weighted by molar-refractivity contribution is 5.74. The minimum absolute atomic E-state index is 0.485. The molecule has 1 aromatic carbocycles. The van der Waals surface area contributed by atoms with Gasteiger partial charge in [-0.3, -0.25) is 0 Å². The maximum atomic E-state index is 11.2. The van der Waals surface area contributed by atoms with Crippen molar-refractivity contribution in [3.8, 4) is 0 Å². The van der Waals surface area contributed by atoms with Gasteiger partial charge in [0.2, 0.25) is 0 Å². The molecule has 3 heterocycles. The van der Waals surface area contributed by atoms with Gasteiger partial charge in [-0.2, -0.15) is 0 Å². The van der Waals surface area contributed by atoms with Gasteiger partial charge in [-0.15, -0.1) is 0 Å². The molecule has 4 rings (SSSR count). The highest BCUT2D eigenvalue weighted by atomic mass is 16.6. The van der Waals surface area contributed by atoms with E-state index in [0.29, 0.717) is 12.1 Å². The number of aromatic nitrogens is 2. The molecule has 5 nitrogen and oxygen atoms in total. The van der Waals surface area contributed by atoms with Crippen molar-refractivity contribution in [1.29, 1.82) is 0 Å². The van der Waals surface area contributed by atoms with Crippen LogP contribution < -0.4 is 0 Å². The summed E-state index contributed by atoms with van der Waals surface area (Å²) >= 11 is 0. The van der Waals surface area contributed by atoms with Gasteiger partial charge in [0, 0.05) is 12.1 Å². The molecule has 106 valence electrons. The van der Waals surface area contributed by atoms with Crippen LogP contribution in [0.4, 0.5) is 0 Å². The van der Waals surface area contributed by atoms with Crippen molar-refractivity contribution in [2.75, 3.05) is 7.05 Å². The Labute approximate surface area is 117 Å². The lowest BCUT2D eigenvalue weighted by Crippen LogP contribution is -2.55. The summed E-state index contributed by atoms with van der Waals surface area (Å²) in [7, 11) is 2.19. The lowest BCUT2D eigenvalue weighted by Gasteiger charge is -2.50. The van der Waals surface area contributed by atoms with Crippen LogP contribution in [0.1, 0.15) is 37.7 Å². The molecule has 0 spiro atoms. The van der Waals surface area contributed by atoms with Gasteiger partial charge < -0.3 is 10.0 Å². The maximum absolute atomic E-state index is 11.2. The van der Waals surface area contributed by atoms with E-state index in [1.54, 1.807) is 0 Å². The Hall–Kier alpha value is -1.46. The van der Waals surface area contributed by atoms with E-state index in [0.717, 1.165) is 29.4 Å². The van der Waals surface area contributed by atoms with Crippen LogP contribution in [-0.2, 0) is 5.60 Å². The van der Waals surface area contributed by atoms with Crippen molar-refractivity contribution >= 4 is 11.0 Å². The first-order valence-corrected chi connectivity index (χ1v) is 7.33. The molecule has 2 fully saturated rings. The van der Waals surface area contributed by atoms with Crippen molar-refractivity contribution in [3.05, 3.63) is 23.8 Å². The fourth-order valence-corrected chi connectivity index (χ4v) is 3.96. The largest absolute Gasteiger partial charge is 0.385 e. The second kappa shape index (κ2) is 4.27. The van der Waals surface area contributed by atoms with E-state index >= 15 is 0 Å². The average Bonchev–Trinajstić information content (AvgIpc) is 2.88. The molecule has 0 saturated carbocycles. The fraction of sp³-hybridized carbons (Fsp3) is 0.600. The lowest BCUT2D eigenvalue weighted by atomic mass is 9.73. The van der Waals surface area contributed by atoms with Gasteiger partial charge in [0.15, 0.2) is 0 Å². The Morgan fingerprint density at radius 2 is 1.90 bits per heavy atom. The third-order valence-corrected chi connectivity index (χ3v) is 5.16. The summed E-state index contributed by atoms with van der Waals surface area (Å²) < 4.78 is 4.74.